The molecule has 250 valence electrons. The summed E-state index contributed by atoms with van der Waals surface area (Å²) in [7, 11) is 0. The van der Waals surface area contributed by atoms with Crippen molar-refractivity contribution in [1.29, 1.82) is 0 Å². The predicted molar refractivity (Wildman–Crippen MR) is 215 cm³/mol. The molecule has 0 N–H and O–H groups in total. The Kier molecular flexibility index (Phi) is 6.23. The van der Waals surface area contributed by atoms with Crippen LogP contribution in [-0.4, -0.2) is 19.5 Å². The maximum absolute atomic E-state index is 6.70. The number of fused-ring (bicyclic) bond motifs is 9. The van der Waals surface area contributed by atoms with Crippen molar-refractivity contribution in [2.24, 2.45) is 0 Å². The average molecular weight is 681 g/mol. The number of benzene rings is 7. The van der Waals surface area contributed by atoms with Gasteiger partial charge in [-0.15, -0.1) is 0 Å². The van der Waals surface area contributed by atoms with E-state index in [0.29, 0.717) is 17.5 Å². The molecular weight excluding hydrogens is 649 g/mol. The normalized spacial score (nSPS) is 13.2. The minimum absolute atomic E-state index is 0.0983. The molecule has 0 aliphatic heterocycles. The summed E-state index contributed by atoms with van der Waals surface area (Å²) in [6, 6.07) is 55.3. The lowest BCUT2D eigenvalue weighted by Gasteiger charge is -2.22. The summed E-state index contributed by atoms with van der Waals surface area (Å²) in [6.45, 7) is 4.67. The number of rotatable bonds is 4. The molecule has 53 heavy (non-hydrogen) atoms. The maximum atomic E-state index is 6.70. The molecule has 0 fully saturated rings. The van der Waals surface area contributed by atoms with Gasteiger partial charge < -0.3 is 8.98 Å². The van der Waals surface area contributed by atoms with Crippen molar-refractivity contribution in [2.75, 3.05) is 0 Å². The van der Waals surface area contributed by atoms with Gasteiger partial charge in [0.2, 0.25) is 0 Å². The first-order valence-corrected chi connectivity index (χ1v) is 18.0. The third-order valence-electron chi connectivity index (χ3n) is 11.1. The number of aromatic nitrogens is 4. The van der Waals surface area contributed by atoms with Crippen LogP contribution in [0.5, 0.6) is 0 Å². The SMILES string of the molecule is CC1(C)c2ccccc2-c2ccc(-n3c4ccccc4c4cc5c(cc43)oc3cccc(-c4nc(-c6ccccc6)nc(-c6ccccc6)n4)c35)cc21. The van der Waals surface area contributed by atoms with E-state index in [4.69, 9.17) is 19.4 Å². The first kappa shape index (κ1) is 29.8. The molecule has 11 rings (SSSR count). The molecule has 0 saturated carbocycles. The molecule has 3 heterocycles. The highest BCUT2D eigenvalue weighted by molar-refractivity contribution is 6.19. The zero-order valence-electron chi connectivity index (χ0n) is 29.2. The van der Waals surface area contributed by atoms with E-state index in [2.05, 4.69) is 103 Å². The summed E-state index contributed by atoms with van der Waals surface area (Å²) in [4.78, 5) is 15.1. The highest BCUT2D eigenvalue weighted by atomic mass is 16.3. The summed E-state index contributed by atoms with van der Waals surface area (Å²) in [5.74, 6) is 1.87. The smallest absolute Gasteiger partial charge is 0.164 e. The van der Waals surface area contributed by atoms with Crippen molar-refractivity contribution >= 4 is 43.7 Å². The molecule has 7 aromatic carbocycles. The summed E-state index contributed by atoms with van der Waals surface area (Å²) in [5, 5.41) is 4.37. The number of nitrogens with zero attached hydrogens (tertiary/aromatic N) is 4. The van der Waals surface area contributed by atoms with E-state index in [0.717, 1.165) is 55.3 Å². The number of hydrogen-bond acceptors (Lipinski definition) is 4. The van der Waals surface area contributed by atoms with E-state index in [1.807, 2.05) is 72.8 Å². The Balaban J connectivity index is 1.15. The molecule has 0 saturated heterocycles. The molecule has 0 amide bonds. The minimum atomic E-state index is -0.0983. The Morgan fingerprint density at radius 1 is 0.453 bits per heavy atom. The standard InChI is InChI=1S/C48H32N4O/c1-48(2)38-21-11-9-18-32(38)33-25-24-31(26-39(33)48)52-40-22-12-10-19-34(40)36-27-37-43(28-41(36)52)53-42-23-13-20-35(44(37)42)47-50-45(29-14-5-3-6-15-29)49-46(51-47)30-16-7-4-8-17-30/h3-28H,1-2H3. The van der Waals surface area contributed by atoms with Crippen LogP contribution in [0, 0.1) is 0 Å². The van der Waals surface area contributed by atoms with Gasteiger partial charge in [-0.25, -0.2) is 15.0 Å². The van der Waals surface area contributed by atoms with Crippen molar-refractivity contribution in [2.45, 2.75) is 19.3 Å². The molecule has 0 unspecified atom stereocenters. The van der Waals surface area contributed by atoms with Crippen LogP contribution in [0.2, 0.25) is 0 Å². The van der Waals surface area contributed by atoms with Gasteiger partial charge in [0.05, 0.1) is 11.0 Å². The molecule has 1 aliphatic rings. The van der Waals surface area contributed by atoms with Crippen LogP contribution >= 0.6 is 0 Å². The van der Waals surface area contributed by atoms with Gasteiger partial charge in [0.15, 0.2) is 17.5 Å². The average Bonchev–Trinajstić information content (AvgIpc) is 3.82. The van der Waals surface area contributed by atoms with Gasteiger partial charge in [-0.3, -0.25) is 0 Å². The Labute approximate surface area is 305 Å². The Morgan fingerprint density at radius 3 is 1.87 bits per heavy atom. The molecule has 5 nitrogen and oxygen atoms in total. The van der Waals surface area contributed by atoms with Gasteiger partial charge >= 0.3 is 0 Å². The molecule has 0 radical (unpaired) electrons. The fraction of sp³-hybridized carbons (Fsp3) is 0.0625. The number of hydrogen-bond donors (Lipinski definition) is 0. The fourth-order valence-corrected chi connectivity index (χ4v) is 8.51. The molecular formula is C48H32N4O. The summed E-state index contributed by atoms with van der Waals surface area (Å²) in [6.07, 6.45) is 0. The Morgan fingerprint density at radius 2 is 1.09 bits per heavy atom. The second-order valence-corrected chi connectivity index (χ2v) is 14.4. The van der Waals surface area contributed by atoms with Crippen LogP contribution in [0.3, 0.4) is 0 Å². The molecule has 10 aromatic rings. The third kappa shape index (κ3) is 4.40. The van der Waals surface area contributed by atoms with E-state index in [-0.39, 0.29) is 5.41 Å². The summed E-state index contributed by atoms with van der Waals surface area (Å²) in [5.41, 5.74) is 13.0. The van der Waals surface area contributed by atoms with E-state index < -0.39 is 0 Å². The van der Waals surface area contributed by atoms with Gasteiger partial charge in [0.25, 0.3) is 0 Å². The molecule has 5 heteroatoms. The highest BCUT2D eigenvalue weighted by Gasteiger charge is 2.35. The first-order valence-electron chi connectivity index (χ1n) is 18.0. The van der Waals surface area contributed by atoms with Crippen LogP contribution < -0.4 is 0 Å². The lowest BCUT2D eigenvalue weighted by molar-refractivity contribution is 0.660. The van der Waals surface area contributed by atoms with Gasteiger partial charge in [-0.1, -0.05) is 135 Å². The van der Waals surface area contributed by atoms with Crippen LogP contribution in [0.1, 0.15) is 25.0 Å². The van der Waals surface area contributed by atoms with E-state index in [1.54, 1.807) is 0 Å². The topological polar surface area (TPSA) is 56.7 Å². The van der Waals surface area contributed by atoms with E-state index >= 15 is 0 Å². The van der Waals surface area contributed by atoms with Gasteiger partial charge in [0.1, 0.15) is 11.2 Å². The van der Waals surface area contributed by atoms with Crippen molar-refractivity contribution in [3.63, 3.8) is 0 Å². The van der Waals surface area contributed by atoms with Crippen molar-refractivity contribution < 1.29 is 4.42 Å². The lowest BCUT2D eigenvalue weighted by atomic mass is 9.82. The van der Waals surface area contributed by atoms with Crippen molar-refractivity contribution in [3.8, 4) is 51.0 Å². The summed E-state index contributed by atoms with van der Waals surface area (Å²) >= 11 is 0. The largest absolute Gasteiger partial charge is 0.456 e. The van der Waals surface area contributed by atoms with Crippen LogP contribution in [-0.2, 0) is 5.41 Å². The fourth-order valence-electron chi connectivity index (χ4n) is 8.51. The monoisotopic (exact) mass is 680 g/mol. The highest BCUT2D eigenvalue weighted by Crippen LogP contribution is 2.50. The van der Waals surface area contributed by atoms with Gasteiger partial charge in [0, 0.05) is 55.4 Å². The van der Waals surface area contributed by atoms with Crippen LogP contribution in [0.25, 0.3) is 94.7 Å². The second-order valence-electron chi connectivity index (χ2n) is 14.4. The maximum Gasteiger partial charge on any atom is 0.164 e. The Hall–Kier alpha value is -6.85. The number of para-hydroxylation sites is 1. The summed E-state index contributed by atoms with van der Waals surface area (Å²) < 4.78 is 9.09. The van der Waals surface area contributed by atoms with Crippen LogP contribution in [0.15, 0.2) is 162 Å². The van der Waals surface area contributed by atoms with Crippen molar-refractivity contribution in [3.05, 3.63) is 169 Å². The zero-order chi connectivity index (χ0) is 35.3. The molecule has 1 aliphatic carbocycles. The molecule has 0 spiro atoms. The van der Waals surface area contributed by atoms with E-state index in [9.17, 15) is 0 Å². The van der Waals surface area contributed by atoms with Gasteiger partial charge in [-0.05, 0) is 52.6 Å². The van der Waals surface area contributed by atoms with Crippen molar-refractivity contribution in [1.82, 2.24) is 19.5 Å². The third-order valence-corrected chi connectivity index (χ3v) is 11.1. The Bertz CT molecular complexity index is 3020. The second kappa shape index (κ2) is 11.1. The quantitative estimate of drug-likeness (QED) is 0.186. The predicted octanol–water partition coefficient (Wildman–Crippen LogP) is 12.2. The molecule has 3 aromatic heterocycles. The minimum Gasteiger partial charge on any atom is -0.456 e. The van der Waals surface area contributed by atoms with Gasteiger partial charge in [-0.2, -0.15) is 0 Å². The lowest BCUT2D eigenvalue weighted by Crippen LogP contribution is -2.15. The zero-order valence-corrected chi connectivity index (χ0v) is 29.2. The molecule has 0 atom stereocenters. The molecule has 0 bridgehead atoms. The van der Waals surface area contributed by atoms with E-state index in [1.165, 1.54) is 33.0 Å². The first-order chi connectivity index (χ1) is 26.0. The number of furan rings is 1. The van der Waals surface area contributed by atoms with Crippen LogP contribution in [0.4, 0.5) is 0 Å².